The monoisotopic (exact) mass is 193 g/mol. The highest BCUT2D eigenvalue weighted by Gasteiger charge is 2.01. The van der Waals surface area contributed by atoms with E-state index in [9.17, 15) is 4.79 Å². The molecule has 13 heavy (non-hydrogen) atoms. The molecule has 5 heteroatoms. The number of carbonyl (C=O) groups is 1. The van der Waals surface area contributed by atoms with Crippen molar-refractivity contribution in [3.8, 4) is 0 Å². The van der Waals surface area contributed by atoms with E-state index in [1.165, 1.54) is 0 Å². The van der Waals surface area contributed by atoms with E-state index in [2.05, 4.69) is 15.3 Å². The van der Waals surface area contributed by atoms with Crippen LogP contribution in [0.5, 0.6) is 0 Å². The van der Waals surface area contributed by atoms with Gasteiger partial charge in [0.15, 0.2) is 0 Å². The van der Waals surface area contributed by atoms with Crippen molar-refractivity contribution in [1.82, 2.24) is 15.3 Å². The van der Waals surface area contributed by atoms with Crippen LogP contribution in [0, 0.1) is 0 Å². The second-order valence-corrected chi connectivity index (χ2v) is 3.57. The van der Waals surface area contributed by atoms with Gasteiger partial charge < -0.3 is 5.32 Å². The smallest absolute Gasteiger partial charge is 0.207 e. The maximum absolute atomic E-state index is 10.1. The van der Waals surface area contributed by atoms with Crippen molar-refractivity contribution in [3.05, 3.63) is 23.3 Å². The Labute approximate surface area is 78.6 Å². The second kappa shape index (κ2) is 3.49. The number of carbonyl (C=O) groups excluding carboxylic acids is 1. The molecule has 0 atom stereocenters. The molecule has 66 valence electrons. The van der Waals surface area contributed by atoms with Crippen molar-refractivity contribution >= 4 is 28.1 Å². The van der Waals surface area contributed by atoms with Crippen molar-refractivity contribution < 1.29 is 4.79 Å². The maximum atomic E-state index is 10.1. The van der Waals surface area contributed by atoms with Crippen molar-refractivity contribution in [2.45, 2.75) is 6.54 Å². The molecule has 2 aromatic rings. The molecule has 0 aliphatic rings. The van der Waals surface area contributed by atoms with E-state index in [1.807, 2.05) is 6.07 Å². The van der Waals surface area contributed by atoms with Crippen LogP contribution in [0.15, 0.2) is 18.5 Å². The topological polar surface area (TPSA) is 54.9 Å². The lowest BCUT2D eigenvalue weighted by atomic mass is 10.4. The van der Waals surface area contributed by atoms with Gasteiger partial charge in [0.25, 0.3) is 0 Å². The zero-order valence-corrected chi connectivity index (χ0v) is 7.54. The summed E-state index contributed by atoms with van der Waals surface area (Å²) in [5.41, 5.74) is 0.884. The molecule has 2 heterocycles. The predicted octanol–water partition coefficient (Wildman–Crippen LogP) is 0.937. The number of nitrogens with zero attached hydrogens (tertiary/aromatic N) is 2. The quantitative estimate of drug-likeness (QED) is 0.738. The van der Waals surface area contributed by atoms with E-state index in [4.69, 9.17) is 0 Å². The number of thiophene rings is 1. The average molecular weight is 193 g/mol. The molecule has 1 amide bonds. The third-order valence-corrected chi connectivity index (χ3v) is 2.61. The molecule has 2 aromatic heterocycles. The SMILES string of the molecule is O=CNCc1cc2nccnc2s1. The molecule has 0 unspecified atom stereocenters. The minimum absolute atomic E-state index is 0.548. The normalized spacial score (nSPS) is 10.2. The van der Waals surface area contributed by atoms with Crippen molar-refractivity contribution in [1.29, 1.82) is 0 Å². The van der Waals surface area contributed by atoms with Crippen molar-refractivity contribution in [3.63, 3.8) is 0 Å². The summed E-state index contributed by atoms with van der Waals surface area (Å²) in [6, 6.07) is 1.93. The molecule has 0 aliphatic carbocycles. The van der Waals surface area contributed by atoms with Crippen LogP contribution in [-0.2, 0) is 11.3 Å². The summed E-state index contributed by atoms with van der Waals surface area (Å²) in [5.74, 6) is 0. The Morgan fingerprint density at radius 3 is 3.08 bits per heavy atom. The average Bonchev–Trinajstić information content (AvgIpc) is 2.57. The Morgan fingerprint density at radius 2 is 2.31 bits per heavy atom. The number of hydrogen-bond acceptors (Lipinski definition) is 4. The summed E-state index contributed by atoms with van der Waals surface area (Å²) in [5, 5.41) is 2.60. The number of aromatic nitrogens is 2. The standard InChI is InChI=1S/C8H7N3OS/c12-5-9-4-6-3-7-8(13-6)11-2-1-10-7/h1-3,5H,4H2,(H,9,12). The van der Waals surface area contributed by atoms with Crippen molar-refractivity contribution in [2.75, 3.05) is 0 Å². The van der Waals surface area contributed by atoms with Gasteiger partial charge in [-0.05, 0) is 6.07 Å². The van der Waals surface area contributed by atoms with Gasteiger partial charge in [0, 0.05) is 17.3 Å². The summed E-state index contributed by atoms with van der Waals surface area (Å²) in [4.78, 5) is 20.3. The number of nitrogens with one attached hydrogen (secondary N) is 1. The molecule has 0 saturated carbocycles. The van der Waals surface area contributed by atoms with Gasteiger partial charge >= 0.3 is 0 Å². The summed E-state index contributed by atoms with van der Waals surface area (Å²) >= 11 is 1.54. The summed E-state index contributed by atoms with van der Waals surface area (Å²) in [7, 11) is 0. The van der Waals surface area contributed by atoms with E-state index >= 15 is 0 Å². The van der Waals surface area contributed by atoms with Gasteiger partial charge in [-0.15, -0.1) is 11.3 Å². The first-order valence-electron chi connectivity index (χ1n) is 3.76. The minimum Gasteiger partial charge on any atom is -0.354 e. The van der Waals surface area contributed by atoms with Crippen LogP contribution in [0.3, 0.4) is 0 Å². The lowest BCUT2D eigenvalue weighted by molar-refractivity contribution is -0.109. The van der Waals surface area contributed by atoms with Gasteiger partial charge in [-0.1, -0.05) is 0 Å². The largest absolute Gasteiger partial charge is 0.354 e. The van der Waals surface area contributed by atoms with Gasteiger partial charge in [0.2, 0.25) is 6.41 Å². The Kier molecular flexibility index (Phi) is 2.18. The molecule has 0 radical (unpaired) electrons. The number of fused-ring (bicyclic) bond motifs is 1. The Bertz CT molecular complexity index is 393. The zero-order valence-electron chi connectivity index (χ0n) is 6.73. The fourth-order valence-corrected chi connectivity index (χ4v) is 1.95. The zero-order chi connectivity index (χ0) is 9.10. The fraction of sp³-hybridized carbons (Fsp3) is 0.125. The molecule has 4 nitrogen and oxygen atoms in total. The molecule has 1 N–H and O–H groups in total. The summed E-state index contributed by atoms with van der Waals surface area (Å²) < 4.78 is 0. The van der Waals surface area contributed by atoms with Gasteiger partial charge in [0.1, 0.15) is 10.3 Å². The maximum Gasteiger partial charge on any atom is 0.207 e. The Hall–Kier alpha value is -1.49. The van der Waals surface area contributed by atoms with Gasteiger partial charge in [-0.2, -0.15) is 0 Å². The third-order valence-electron chi connectivity index (χ3n) is 1.58. The molecule has 0 spiro atoms. The highest BCUT2D eigenvalue weighted by Crippen LogP contribution is 2.20. The first-order valence-corrected chi connectivity index (χ1v) is 4.58. The molecule has 0 aromatic carbocycles. The van der Waals surface area contributed by atoms with E-state index < -0.39 is 0 Å². The highest BCUT2D eigenvalue weighted by atomic mass is 32.1. The number of rotatable bonds is 3. The van der Waals surface area contributed by atoms with Gasteiger partial charge in [-0.25, -0.2) is 4.98 Å². The van der Waals surface area contributed by atoms with Crippen LogP contribution in [0.2, 0.25) is 0 Å². The molecule has 0 bridgehead atoms. The molecule has 2 rings (SSSR count). The van der Waals surface area contributed by atoms with Crippen LogP contribution < -0.4 is 5.32 Å². The molecular weight excluding hydrogens is 186 g/mol. The van der Waals surface area contributed by atoms with Crippen LogP contribution in [-0.4, -0.2) is 16.4 Å². The van der Waals surface area contributed by atoms with Crippen LogP contribution in [0.1, 0.15) is 4.88 Å². The Balaban J connectivity index is 2.32. The van der Waals surface area contributed by atoms with Crippen LogP contribution in [0.4, 0.5) is 0 Å². The van der Waals surface area contributed by atoms with Crippen molar-refractivity contribution in [2.24, 2.45) is 0 Å². The summed E-state index contributed by atoms with van der Waals surface area (Å²) in [6.07, 6.45) is 4.01. The van der Waals surface area contributed by atoms with E-state index in [1.54, 1.807) is 23.7 Å². The molecule has 0 saturated heterocycles. The van der Waals surface area contributed by atoms with Gasteiger partial charge in [-0.3, -0.25) is 9.78 Å². The van der Waals surface area contributed by atoms with E-state index in [0.717, 1.165) is 15.2 Å². The first-order chi connectivity index (χ1) is 6.40. The molecule has 0 aliphatic heterocycles. The van der Waals surface area contributed by atoms with Crippen LogP contribution >= 0.6 is 11.3 Å². The third kappa shape index (κ3) is 1.65. The minimum atomic E-state index is 0.548. The second-order valence-electron chi connectivity index (χ2n) is 2.46. The number of hydrogen-bond donors (Lipinski definition) is 1. The molecular formula is C8H7N3OS. The fourth-order valence-electron chi connectivity index (χ4n) is 1.05. The number of amides is 1. The Morgan fingerprint density at radius 1 is 1.46 bits per heavy atom. The van der Waals surface area contributed by atoms with Crippen LogP contribution in [0.25, 0.3) is 10.3 Å². The highest BCUT2D eigenvalue weighted by molar-refractivity contribution is 7.18. The van der Waals surface area contributed by atoms with E-state index in [0.29, 0.717) is 13.0 Å². The lowest BCUT2D eigenvalue weighted by Crippen LogP contribution is -2.07. The lowest BCUT2D eigenvalue weighted by Gasteiger charge is -1.90. The van der Waals surface area contributed by atoms with E-state index in [-0.39, 0.29) is 0 Å². The molecule has 0 fully saturated rings. The van der Waals surface area contributed by atoms with Gasteiger partial charge in [0.05, 0.1) is 6.54 Å². The first kappa shape index (κ1) is 8.12. The summed E-state index contributed by atoms with van der Waals surface area (Å²) in [6.45, 7) is 0.548. The predicted molar refractivity (Wildman–Crippen MR) is 50.3 cm³/mol.